The number of halogens is 3. The minimum atomic E-state index is -4.77. The molecular formula is C21H22F3N3O4S. The zero-order valence-corrected chi connectivity index (χ0v) is 17.8. The number of ether oxygens (including phenoxy) is 1. The standard InChI is InChI=1S/C21H22F3N3O4S/c22-21(23,24)19-3-1-2-4-20(19)32(29,30)27-11-9-26(10-12-27)14-17(28)15-31-18-7-5-16(13-25)6-8-18/h1-8,17,28H,9-12,14-15H2. The van der Waals surface area contributed by atoms with Crippen molar-refractivity contribution in [2.45, 2.75) is 17.2 Å². The van der Waals surface area contributed by atoms with E-state index < -0.39 is 32.8 Å². The molecule has 0 saturated carbocycles. The molecule has 172 valence electrons. The first kappa shape index (κ1) is 24.0. The van der Waals surface area contributed by atoms with Crippen molar-refractivity contribution >= 4 is 10.0 Å². The summed E-state index contributed by atoms with van der Waals surface area (Å²) >= 11 is 0. The maximum absolute atomic E-state index is 13.2. The van der Waals surface area contributed by atoms with Crippen LogP contribution in [0.25, 0.3) is 0 Å². The average Bonchev–Trinajstić information content (AvgIpc) is 2.78. The number of nitriles is 1. The number of rotatable bonds is 7. The molecule has 1 fully saturated rings. The summed E-state index contributed by atoms with van der Waals surface area (Å²) in [5.41, 5.74) is -0.693. The molecule has 11 heteroatoms. The molecule has 1 heterocycles. The molecule has 0 bridgehead atoms. The van der Waals surface area contributed by atoms with Crippen LogP contribution in [0.2, 0.25) is 0 Å². The molecule has 2 aromatic rings. The van der Waals surface area contributed by atoms with Gasteiger partial charge < -0.3 is 9.84 Å². The molecule has 2 aromatic carbocycles. The van der Waals surface area contributed by atoms with Crippen LogP contribution in [-0.2, 0) is 16.2 Å². The van der Waals surface area contributed by atoms with Crippen molar-refractivity contribution in [1.82, 2.24) is 9.21 Å². The third-order valence-corrected chi connectivity index (χ3v) is 6.99. The van der Waals surface area contributed by atoms with Crippen molar-refractivity contribution in [2.24, 2.45) is 0 Å². The minimum Gasteiger partial charge on any atom is -0.491 e. The minimum absolute atomic E-state index is 0.00334. The van der Waals surface area contributed by atoms with Gasteiger partial charge in [-0.15, -0.1) is 0 Å². The van der Waals surface area contributed by atoms with Gasteiger partial charge in [-0.05, 0) is 36.4 Å². The van der Waals surface area contributed by atoms with Gasteiger partial charge >= 0.3 is 6.18 Å². The van der Waals surface area contributed by atoms with Crippen LogP contribution in [0.1, 0.15) is 11.1 Å². The van der Waals surface area contributed by atoms with E-state index in [1.54, 1.807) is 24.3 Å². The van der Waals surface area contributed by atoms with Gasteiger partial charge in [-0.2, -0.15) is 22.7 Å². The summed E-state index contributed by atoms with van der Waals surface area (Å²) in [5, 5.41) is 19.0. The van der Waals surface area contributed by atoms with Crippen molar-refractivity contribution in [2.75, 3.05) is 39.3 Å². The number of β-amino-alcohol motifs (C(OH)–C–C–N with tert-alkyl or cyclic N) is 1. The van der Waals surface area contributed by atoms with Gasteiger partial charge in [-0.25, -0.2) is 8.42 Å². The van der Waals surface area contributed by atoms with Gasteiger partial charge in [0, 0.05) is 32.7 Å². The molecule has 0 aliphatic carbocycles. The van der Waals surface area contributed by atoms with Crippen LogP contribution in [0.5, 0.6) is 5.75 Å². The van der Waals surface area contributed by atoms with Gasteiger partial charge in [0.05, 0.1) is 22.1 Å². The zero-order valence-electron chi connectivity index (χ0n) is 17.0. The second-order valence-corrected chi connectivity index (χ2v) is 9.21. The molecule has 7 nitrogen and oxygen atoms in total. The lowest BCUT2D eigenvalue weighted by atomic mass is 10.2. The Hall–Kier alpha value is -2.65. The van der Waals surface area contributed by atoms with Crippen LogP contribution in [0.3, 0.4) is 0 Å². The number of sulfonamides is 1. The summed E-state index contributed by atoms with van der Waals surface area (Å²) in [7, 11) is -4.30. The first-order chi connectivity index (χ1) is 15.1. The Morgan fingerprint density at radius 2 is 1.69 bits per heavy atom. The van der Waals surface area contributed by atoms with Crippen molar-refractivity contribution in [3.63, 3.8) is 0 Å². The molecule has 0 radical (unpaired) electrons. The van der Waals surface area contributed by atoms with Crippen LogP contribution in [0.4, 0.5) is 13.2 Å². The molecule has 0 aromatic heterocycles. The number of aliphatic hydroxyl groups is 1. The number of hydrogen-bond donors (Lipinski definition) is 1. The Bertz CT molecular complexity index is 1060. The number of aliphatic hydroxyl groups excluding tert-OH is 1. The molecule has 1 unspecified atom stereocenters. The Morgan fingerprint density at radius 1 is 1.06 bits per heavy atom. The van der Waals surface area contributed by atoms with E-state index in [1.165, 1.54) is 6.07 Å². The fraction of sp³-hybridized carbons (Fsp3) is 0.381. The second-order valence-electron chi connectivity index (χ2n) is 7.30. The summed E-state index contributed by atoms with van der Waals surface area (Å²) in [6, 6.07) is 12.6. The molecular weight excluding hydrogens is 447 g/mol. The quantitative estimate of drug-likeness (QED) is 0.669. The van der Waals surface area contributed by atoms with Crippen LogP contribution in [0.15, 0.2) is 53.4 Å². The zero-order chi connectivity index (χ0) is 23.4. The van der Waals surface area contributed by atoms with Gasteiger partial charge in [0.1, 0.15) is 18.5 Å². The van der Waals surface area contributed by atoms with E-state index in [1.807, 2.05) is 11.0 Å². The Kier molecular flexibility index (Phi) is 7.40. The highest BCUT2D eigenvalue weighted by atomic mass is 32.2. The fourth-order valence-corrected chi connectivity index (χ4v) is 5.02. The lowest BCUT2D eigenvalue weighted by molar-refractivity contribution is -0.139. The van der Waals surface area contributed by atoms with E-state index in [0.29, 0.717) is 11.3 Å². The van der Waals surface area contributed by atoms with Crippen LogP contribution in [0, 0.1) is 11.3 Å². The van der Waals surface area contributed by atoms with Crippen molar-refractivity contribution in [3.05, 3.63) is 59.7 Å². The molecule has 0 spiro atoms. The lowest BCUT2D eigenvalue weighted by Gasteiger charge is -2.35. The van der Waals surface area contributed by atoms with Gasteiger partial charge in [0.15, 0.2) is 0 Å². The summed E-state index contributed by atoms with van der Waals surface area (Å²) in [5.74, 6) is 0.502. The highest BCUT2D eigenvalue weighted by Crippen LogP contribution is 2.35. The highest BCUT2D eigenvalue weighted by Gasteiger charge is 2.39. The molecule has 32 heavy (non-hydrogen) atoms. The highest BCUT2D eigenvalue weighted by molar-refractivity contribution is 7.89. The predicted octanol–water partition coefficient (Wildman–Crippen LogP) is 2.32. The van der Waals surface area contributed by atoms with Gasteiger partial charge in [0.25, 0.3) is 0 Å². The first-order valence-corrected chi connectivity index (χ1v) is 11.2. The molecule has 1 aliphatic heterocycles. The maximum Gasteiger partial charge on any atom is 0.417 e. The summed E-state index contributed by atoms with van der Waals surface area (Å²) < 4.78 is 71.9. The SMILES string of the molecule is N#Cc1ccc(OCC(O)CN2CCN(S(=O)(=O)c3ccccc3C(F)(F)F)CC2)cc1. The van der Waals surface area contributed by atoms with Gasteiger partial charge in [-0.3, -0.25) is 4.90 Å². The van der Waals surface area contributed by atoms with Crippen LogP contribution in [-0.4, -0.2) is 68.2 Å². The lowest BCUT2D eigenvalue weighted by Crippen LogP contribution is -2.51. The van der Waals surface area contributed by atoms with E-state index in [-0.39, 0.29) is 39.3 Å². The van der Waals surface area contributed by atoms with Crippen LogP contribution >= 0.6 is 0 Å². The van der Waals surface area contributed by atoms with E-state index in [4.69, 9.17) is 10.00 Å². The topological polar surface area (TPSA) is 93.9 Å². The normalized spacial score (nSPS) is 17.0. The van der Waals surface area contributed by atoms with Gasteiger partial charge in [0.2, 0.25) is 10.0 Å². The summed E-state index contributed by atoms with van der Waals surface area (Å²) in [6.45, 7) is 0.783. The molecule has 3 rings (SSSR count). The number of nitrogens with zero attached hydrogens (tertiary/aromatic N) is 3. The molecule has 1 atom stereocenters. The predicted molar refractivity (Wildman–Crippen MR) is 109 cm³/mol. The third kappa shape index (κ3) is 5.77. The van der Waals surface area contributed by atoms with E-state index in [9.17, 15) is 26.7 Å². The Balaban J connectivity index is 1.54. The number of alkyl halides is 3. The van der Waals surface area contributed by atoms with Crippen molar-refractivity contribution in [3.8, 4) is 11.8 Å². The fourth-order valence-electron chi connectivity index (χ4n) is 3.39. The maximum atomic E-state index is 13.2. The average molecular weight is 469 g/mol. The van der Waals surface area contributed by atoms with Crippen molar-refractivity contribution in [1.29, 1.82) is 5.26 Å². The third-order valence-electron chi connectivity index (χ3n) is 5.04. The first-order valence-electron chi connectivity index (χ1n) is 9.81. The van der Waals surface area contributed by atoms with Crippen LogP contribution < -0.4 is 4.74 Å². The van der Waals surface area contributed by atoms with Gasteiger partial charge in [-0.1, -0.05) is 12.1 Å². The monoisotopic (exact) mass is 469 g/mol. The van der Waals surface area contributed by atoms with Crippen molar-refractivity contribution < 1.29 is 31.4 Å². The molecule has 1 N–H and O–H groups in total. The molecule has 1 aliphatic rings. The largest absolute Gasteiger partial charge is 0.491 e. The Labute approximate surface area is 184 Å². The van der Waals surface area contributed by atoms with E-state index >= 15 is 0 Å². The summed E-state index contributed by atoms with van der Waals surface area (Å²) in [6.07, 6.45) is -5.62. The number of benzene rings is 2. The number of piperazine rings is 1. The van der Waals surface area contributed by atoms with E-state index in [0.717, 1.165) is 22.5 Å². The Morgan fingerprint density at radius 3 is 2.28 bits per heavy atom. The number of hydrogen-bond acceptors (Lipinski definition) is 6. The summed E-state index contributed by atoms with van der Waals surface area (Å²) in [4.78, 5) is 1.07. The molecule has 1 saturated heterocycles. The second kappa shape index (κ2) is 9.87. The molecule has 0 amide bonds. The van der Waals surface area contributed by atoms with E-state index in [2.05, 4.69) is 0 Å². The smallest absolute Gasteiger partial charge is 0.417 e.